The summed E-state index contributed by atoms with van der Waals surface area (Å²) >= 11 is 0. The van der Waals surface area contributed by atoms with Crippen LogP contribution in [0.3, 0.4) is 0 Å². The Balaban J connectivity index is 1.57. The van der Waals surface area contributed by atoms with Crippen molar-refractivity contribution in [2.75, 3.05) is 0 Å². The monoisotopic (exact) mass is 434 g/mol. The van der Waals surface area contributed by atoms with Gasteiger partial charge in [-0.1, -0.05) is 109 Å². The summed E-state index contributed by atoms with van der Waals surface area (Å²) in [5, 5.41) is 0. The lowest BCUT2D eigenvalue weighted by Crippen LogP contribution is -2.45. The molecule has 0 aromatic heterocycles. The molecule has 0 N–H and O–H groups in total. The minimum Gasteiger partial charge on any atom is -0.459 e. The molecule has 5 rings (SSSR count). The van der Waals surface area contributed by atoms with Gasteiger partial charge in [-0.25, -0.2) is 0 Å². The summed E-state index contributed by atoms with van der Waals surface area (Å²) in [6.45, 7) is 0.134. The summed E-state index contributed by atoms with van der Waals surface area (Å²) in [5.74, 6) is -1.27. The van der Waals surface area contributed by atoms with Crippen LogP contribution in [0, 0.1) is 0 Å². The van der Waals surface area contributed by atoms with Crippen LogP contribution in [0.5, 0.6) is 0 Å². The molecule has 162 valence electrons. The van der Waals surface area contributed by atoms with Gasteiger partial charge in [0.1, 0.15) is 13.2 Å². The lowest BCUT2D eigenvalue weighted by molar-refractivity contribution is -0.164. The zero-order chi connectivity index (χ0) is 22.7. The highest BCUT2D eigenvalue weighted by Gasteiger charge is 2.57. The molecule has 0 saturated heterocycles. The van der Waals surface area contributed by atoms with E-state index in [0.717, 1.165) is 22.3 Å². The van der Waals surface area contributed by atoms with Crippen LogP contribution in [-0.2, 0) is 37.7 Å². The van der Waals surface area contributed by atoms with Crippen LogP contribution in [0.1, 0.15) is 22.3 Å². The van der Waals surface area contributed by atoms with Crippen molar-refractivity contribution in [1.29, 1.82) is 0 Å². The maximum absolute atomic E-state index is 13.8. The first-order chi connectivity index (χ1) is 16.2. The van der Waals surface area contributed by atoms with E-state index in [0.29, 0.717) is 11.1 Å². The highest BCUT2D eigenvalue weighted by molar-refractivity contribution is 6.15. The molecule has 0 radical (unpaired) electrons. The van der Waals surface area contributed by atoms with E-state index in [1.807, 2.05) is 109 Å². The second kappa shape index (κ2) is 8.75. The van der Waals surface area contributed by atoms with Crippen LogP contribution in [0.15, 0.2) is 109 Å². The van der Waals surface area contributed by atoms with Gasteiger partial charge in [-0.2, -0.15) is 0 Å². The number of hydrogen-bond acceptors (Lipinski definition) is 4. The molecule has 33 heavy (non-hydrogen) atoms. The number of carbonyl (C=O) groups excluding carboxylic acids is 2. The first-order valence-electron chi connectivity index (χ1n) is 10.8. The number of hydrogen-bond donors (Lipinski definition) is 0. The first-order valence-corrected chi connectivity index (χ1v) is 10.8. The van der Waals surface area contributed by atoms with E-state index in [-0.39, 0.29) is 13.2 Å². The number of rotatable bonds is 6. The van der Waals surface area contributed by atoms with Gasteiger partial charge in [0.05, 0.1) is 0 Å². The molecule has 1 aliphatic rings. The number of esters is 2. The SMILES string of the molecule is O=C(OCc1ccccc1)C1(C(=O)OCc2ccccc2)c2ccccc2-c2ccccc21. The minimum absolute atomic E-state index is 0.0672. The first kappa shape index (κ1) is 20.7. The number of fused-ring (bicyclic) bond motifs is 3. The number of carbonyl (C=O) groups is 2. The Bertz CT molecular complexity index is 1190. The largest absolute Gasteiger partial charge is 0.459 e. The Kier molecular flexibility index (Phi) is 5.49. The second-order valence-electron chi connectivity index (χ2n) is 7.96. The molecule has 4 aromatic carbocycles. The molecule has 0 fully saturated rings. The zero-order valence-electron chi connectivity index (χ0n) is 17.9. The molecular formula is C29H22O4. The van der Waals surface area contributed by atoms with Crippen molar-refractivity contribution in [2.24, 2.45) is 0 Å². The Hall–Kier alpha value is -4.18. The van der Waals surface area contributed by atoms with Gasteiger partial charge in [-0.05, 0) is 33.4 Å². The highest BCUT2D eigenvalue weighted by atomic mass is 16.6. The van der Waals surface area contributed by atoms with E-state index >= 15 is 0 Å². The third kappa shape index (κ3) is 3.60. The van der Waals surface area contributed by atoms with Crippen LogP contribution in [0.4, 0.5) is 0 Å². The summed E-state index contributed by atoms with van der Waals surface area (Å²) in [4.78, 5) is 27.6. The normalized spacial score (nSPS) is 13.0. The van der Waals surface area contributed by atoms with Crippen molar-refractivity contribution in [1.82, 2.24) is 0 Å². The Morgan fingerprint density at radius 2 is 0.879 bits per heavy atom. The van der Waals surface area contributed by atoms with Crippen LogP contribution in [-0.4, -0.2) is 11.9 Å². The Morgan fingerprint density at radius 1 is 0.515 bits per heavy atom. The van der Waals surface area contributed by atoms with Crippen molar-refractivity contribution in [3.63, 3.8) is 0 Å². The standard InChI is InChI=1S/C29H22O4/c30-27(32-19-21-11-3-1-4-12-21)29(28(31)33-20-22-13-5-2-6-14-22)25-17-9-7-15-23(25)24-16-8-10-18-26(24)29/h1-18H,19-20H2. The van der Waals surface area contributed by atoms with Crippen LogP contribution >= 0.6 is 0 Å². The van der Waals surface area contributed by atoms with Crippen molar-refractivity contribution in [2.45, 2.75) is 18.6 Å². The van der Waals surface area contributed by atoms with Gasteiger partial charge in [0.25, 0.3) is 0 Å². The van der Waals surface area contributed by atoms with Gasteiger partial charge in [0.2, 0.25) is 5.41 Å². The topological polar surface area (TPSA) is 52.6 Å². The summed E-state index contributed by atoms with van der Waals surface area (Å²) in [7, 11) is 0. The van der Waals surface area contributed by atoms with Gasteiger partial charge in [0.15, 0.2) is 0 Å². The van der Waals surface area contributed by atoms with Crippen molar-refractivity contribution >= 4 is 11.9 Å². The van der Waals surface area contributed by atoms with Crippen LogP contribution in [0.2, 0.25) is 0 Å². The fraction of sp³-hybridized carbons (Fsp3) is 0.103. The highest BCUT2D eigenvalue weighted by Crippen LogP contribution is 2.50. The molecule has 4 aromatic rings. The predicted octanol–water partition coefficient (Wildman–Crippen LogP) is 5.44. The van der Waals surface area contributed by atoms with Crippen LogP contribution < -0.4 is 0 Å². The molecular weight excluding hydrogens is 412 g/mol. The van der Waals surface area contributed by atoms with Gasteiger partial charge >= 0.3 is 11.9 Å². The molecule has 0 saturated carbocycles. The smallest absolute Gasteiger partial charge is 0.333 e. The van der Waals surface area contributed by atoms with Gasteiger partial charge in [0, 0.05) is 0 Å². The molecule has 0 atom stereocenters. The van der Waals surface area contributed by atoms with E-state index < -0.39 is 17.4 Å². The molecule has 0 spiro atoms. The number of benzene rings is 4. The summed E-state index contributed by atoms with van der Waals surface area (Å²) in [6.07, 6.45) is 0. The van der Waals surface area contributed by atoms with Gasteiger partial charge < -0.3 is 9.47 Å². The molecule has 4 nitrogen and oxygen atoms in total. The third-order valence-electron chi connectivity index (χ3n) is 5.99. The lowest BCUT2D eigenvalue weighted by atomic mass is 9.78. The van der Waals surface area contributed by atoms with Crippen molar-refractivity contribution in [3.05, 3.63) is 131 Å². The molecule has 1 aliphatic carbocycles. The predicted molar refractivity (Wildman–Crippen MR) is 125 cm³/mol. The summed E-state index contributed by atoms with van der Waals surface area (Å²) in [5.41, 5.74) is 2.85. The molecule has 0 heterocycles. The van der Waals surface area contributed by atoms with E-state index in [4.69, 9.17) is 9.47 Å². The van der Waals surface area contributed by atoms with Crippen molar-refractivity contribution in [3.8, 4) is 11.1 Å². The molecule has 4 heteroatoms. The summed E-state index contributed by atoms with van der Waals surface area (Å²) in [6, 6.07) is 33.8. The Morgan fingerprint density at radius 3 is 1.30 bits per heavy atom. The maximum atomic E-state index is 13.8. The van der Waals surface area contributed by atoms with E-state index in [2.05, 4.69) is 0 Å². The fourth-order valence-corrected chi connectivity index (χ4v) is 4.42. The zero-order valence-corrected chi connectivity index (χ0v) is 17.9. The summed E-state index contributed by atoms with van der Waals surface area (Å²) < 4.78 is 11.5. The molecule has 0 amide bonds. The van der Waals surface area contributed by atoms with Crippen molar-refractivity contribution < 1.29 is 19.1 Å². The van der Waals surface area contributed by atoms with Gasteiger partial charge in [-0.15, -0.1) is 0 Å². The second-order valence-corrected chi connectivity index (χ2v) is 7.96. The molecule has 0 aliphatic heterocycles. The van der Waals surface area contributed by atoms with Gasteiger partial charge in [-0.3, -0.25) is 9.59 Å². The minimum atomic E-state index is -1.68. The van der Waals surface area contributed by atoms with Crippen LogP contribution in [0.25, 0.3) is 11.1 Å². The average molecular weight is 434 g/mol. The lowest BCUT2D eigenvalue weighted by Gasteiger charge is -2.27. The van der Waals surface area contributed by atoms with E-state index in [9.17, 15) is 9.59 Å². The maximum Gasteiger partial charge on any atom is 0.333 e. The Labute approximate surface area is 192 Å². The average Bonchev–Trinajstić information content (AvgIpc) is 3.18. The van der Waals surface area contributed by atoms with E-state index in [1.165, 1.54) is 0 Å². The fourth-order valence-electron chi connectivity index (χ4n) is 4.42. The molecule has 0 unspecified atom stereocenters. The number of ether oxygens (including phenoxy) is 2. The molecule has 0 bridgehead atoms. The third-order valence-corrected chi connectivity index (χ3v) is 5.99. The van der Waals surface area contributed by atoms with E-state index in [1.54, 1.807) is 0 Å². The quantitative estimate of drug-likeness (QED) is 0.300.